The summed E-state index contributed by atoms with van der Waals surface area (Å²) in [7, 11) is -2.94. The molecule has 172 valence electrons. The van der Waals surface area contributed by atoms with Gasteiger partial charge in [0.25, 0.3) is 0 Å². The molecule has 0 spiro atoms. The molecule has 0 aromatic heterocycles. The molecule has 0 rings (SSSR count). The van der Waals surface area contributed by atoms with Crippen molar-refractivity contribution in [2.24, 2.45) is 5.92 Å². The second-order valence-corrected chi connectivity index (χ2v) is 11.0. The lowest BCUT2D eigenvalue weighted by molar-refractivity contribution is -0.132. The van der Waals surface area contributed by atoms with Gasteiger partial charge in [-0.1, -0.05) is 53.0 Å². The van der Waals surface area contributed by atoms with Crippen molar-refractivity contribution in [3.63, 3.8) is 0 Å². The molecule has 0 fully saturated rings. The molecule has 0 radical (unpaired) electrons. The lowest BCUT2D eigenvalue weighted by Crippen LogP contribution is -2.27. The maximum absolute atomic E-state index is 13.0. The Morgan fingerprint density at radius 2 is 1.59 bits per heavy atom. The van der Waals surface area contributed by atoms with Crippen molar-refractivity contribution in [2.45, 2.75) is 86.0 Å². The van der Waals surface area contributed by atoms with E-state index in [1.54, 1.807) is 13.0 Å². The van der Waals surface area contributed by atoms with Gasteiger partial charge in [-0.3, -0.25) is 4.57 Å². The van der Waals surface area contributed by atoms with E-state index in [0.29, 0.717) is 12.8 Å². The molecule has 0 saturated carbocycles. The second-order valence-electron chi connectivity index (χ2n) is 8.40. The summed E-state index contributed by atoms with van der Waals surface area (Å²) < 4.78 is 18.5. The highest BCUT2D eigenvalue weighted by atomic mass is 31.2. The lowest BCUT2D eigenvalue weighted by atomic mass is 10.1. The molecule has 0 aliphatic heterocycles. The van der Waals surface area contributed by atoms with E-state index in [1.165, 1.54) is 38.8 Å². The molecule has 0 heterocycles. The van der Waals surface area contributed by atoms with Crippen LogP contribution in [0.25, 0.3) is 0 Å². The smallest absolute Gasteiger partial charge is 0.331 e. The molecule has 5 nitrogen and oxygen atoms in total. The van der Waals surface area contributed by atoms with Crippen LogP contribution in [0, 0.1) is 5.92 Å². The van der Waals surface area contributed by atoms with Gasteiger partial charge in [-0.05, 0) is 64.6 Å². The first-order chi connectivity index (χ1) is 13.8. The van der Waals surface area contributed by atoms with Crippen molar-refractivity contribution in [3.8, 4) is 0 Å². The molecular formula is C23H46NO4P. The average Bonchev–Trinajstić information content (AvgIpc) is 2.64. The van der Waals surface area contributed by atoms with E-state index in [9.17, 15) is 14.5 Å². The van der Waals surface area contributed by atoms with E-state index >= 15 is 0 Å². The van der Waals surface area contributed by atoms with Gasteiger partial charge in [0.2, 0.25) is 7.37 Å². The number of hydrogen-bond donors (Lipinski definition) is 1. The summed E-state index contributed by atoms with van der Waals surface area (Å²) in [6.07, 6.45) is 11.1. The lowest BCUT2D eigenvalue weighted by Gasteiger charge is -2.21. The van der Waals surface area contributed by atoms with Crippen LogP contribution < -0.4 is 0 Å². The molecule has 6 heteroatoms. The Balaban J connectivity index is 4.52. The second kappa shape index (κ2) is 17.1. The van der Waals surface area contributed by atoms with Gasteiger partial charge in [0.15, 0.2) is 0 Å². The quantitative estimate of drug-likeness (QED) is 0.145. The van der Waals surface area contributed by atoms with Crippen LogP contribution in [-0.4, -0.2) is 54.5 Å². The Bertz CT molecular complexity index is 497. The predicted octanol–water partition coefficient (Wildman–Crippen LogP) is 6.43. The zero-order valence-corrected chi connectivity index (χ0v) is 20.5. The fourth-order valence-electron chi connectivity index (χ4n) is 3.47. The van der Waals surface area contributed by atoms with E-state index in [4.69, 9.17) is 4.52 Å². The Labute approximate surface area is 179 Å². The van der Waals surface area contributed by atoms with Gasteiger partial charge < -0.3 is 14.5 Å². The zero-order chi connectivity index (χ0) is 22.1. The number of carboxylic acids is 1. The molecule has 1 N–H and O–H groups in total. The maximum atomic E-state index is 13.0. The van der Waals surface area contributed by atoms with Crippen molar-refractivity contribution in [3.05, 3.63) is 11.6 Å². The standard InChI is InChI=1S/C23H46NO4P/c1-6-9-16-24(17-10-7-2)18-14-12-11-13-15-22(23(25)26)20-29(27,28-8-3)19-21(4)5/h15,21H,6-14,16-20H2,1-5H3,(H,25,26). The number of carbonyl (C=O) groups is 1. The van der Waals surface area contributed by atoms with Crippen LogP contribution in [0.3, 0.4) is 0 Å². The molecule has 0 bridgehead atoms. The van der Waals surface area contributed by atoms with Gasteiger partial charge >= 0.3 is 5.97 Å². The summed E-state index contributed by atoms with van der Waals surface area (Å²) in [5.74, 6) is -0.759. The van der Waals surface area contributed by atoms with E-state index < -0.39 is 13.3 Å². The summed E-state index contributed by atoms with van der Waals surface area (Å²) in [6.45, 7) is 14.1. The van der Waals surface area contributed by atoms with Crippen LogP contribution in [0.2, 0.25) is 0 Å². The third-order valence-corrected chi connectivity index (χ3v) is 7.76. The summed E-state index contributed by atoms with van der Waals surface area (Å²) in [5.41, 5.74) is 0.245. The minimum atomic E-state index is -2.94. The van der Waals surface area contributed by atoms with Crippen LogP contribution in [-0.2, 0) is 13.9 Å². The number of nitrogens with zero attached hydrogens (tertiary/aromatic N) is 1. The zero-order valence-electron chi connectivity index (χ0n) is 19.6. The third kappa shape index (κ3) is 14.9. The van der Waals surface area contributed by atoms with Crippen LogP contribution >= 0.6 is 7.37 Å². The van der Waals surface area contributed by atoms with Crippen molar-refractivity contribution in [1.82, 2.24) is 4.90 Å². The van der Waals surface area contributed by atoms with Crippen LogP contribution in [0.15, 0.2) is 11.6 Å². The fourth-order valence-corrected chi connectivity index (χ4v) is 6.16. The summed E-state index contributed by atoms with van der Waals surface area (Å²) >= 11 is 0. The van der Waals surface area contributed by atoms with Gasteiger partial charge in [-0.2, -0.15) is 0 Å². The monoisotopic (exact) mass is 431 g/mol. The fraction of sp³-hybridized carbons (Fsp3) is 0.870. The summed E-state index contributed by atoms with van der Waals surface area (Å²) in [5, 5.41) is 9.53. The molecule has 0 saturated heterocycles. The van der Waals surface area contributed by atoms with Crippen molar-refractivity contribution >= 4 is 13.3 Å². The Hall–Kier alpha value is -0.640. The molecule has 0 aromatic rings. The van der Waals surface area contributed by atoms with Crippen molar-refractivity contribution in [1.29, 1.82) is 0 Å². The minimum absolute atomic E-state index is 0.0379. The van der Waals surface area contributed by atoms with Gasteiger partial charge in [0.1, 0.15) is 0 Å². The molecule has 0 amide bonds. The molecule has 1 unspecified atom stereocenters. The normalized spacial score (nSPS) is 14.5. The third-order valence-electron chi connectivity index (χ3n) is 4.92. The number of rotatable bonds is 19. The van der Waals surface area contributed by atoms with Gasteiger partial charge in [-0.15, -0.1) is 0 Å². The van der Waals surface area contributed by atoms with Crippen molar-refractivity contribution < 1.29 is 19.0 Å². The summed E-state index contributed by atoms with van der Waals surface area (Å²) in [6, 6.07) is 0. The summed E-state index contributed by atoms with van der Waals surface area (Å²) in [4.78, 5) is 14.2. The maximum Gasteiger partial charge on any atom is 0.331 e. The number of aliphatic carboxylic acids is 1. The molecule has 29 heavy (non-hydrogen) atoms. The molecule has 0 aromatic carbocycles. The largest absolute Gasteiger partial charge is 0.478 e. The van der Waals surface area contributed by atoms with E-state index in [-0.39, 0.29) is 17.7 Å². The topological polar surface area (TPSA) is 66.8 Å². The molecular weight excluding hydrogens is 385 g/mol. The SMILES string of the molecule is CCCCN(CCCC)CCCCCC=C(CP(=O)(CC(C)C)OCC)C(=O)O. The predicted molar refractivity (Wildman–Crippen MR) is 124 cm³/mol. The number of hydrogen-bond acceptors (Lipinski definition) is 4. The van der Waals surface area contributed by atoms with Crippen molar-refractivity contribution in [2.75, 3.05) is 38.6 Å². The van der Waals surface area contributed by atoms with E-state index in [2.05, 4.69) is 18.7 Å². The highest BCUT2D eigenvalue weighted by Crippen LogP contribution is 2.50. The van der Waals surface area contributed by atoms with Crippen LogP contribution in [0.5, 0.6) is 0 Å². The Morgan fingerprint density at radius 3 is 2.07 bits per heavy atom. The molecule has 0 aliphatic rings. The molecule has 1 atom stereocenters. The molecule has 0 aliphatic carbocycles. The highest BCUT2D eigenvalue weighted by Gasteiger charge is 2.27. The minimum Gasteiger partial charge on any atom is -0.478 e. The van der Waals surface area contributed by atoms with Gasteiger partial charge in [0, 0.05) is 11.7 Å². The first kappa shape index (κ1) is 28.4. The Kier molecular flexibility index (Phi) is 16.7. The van der Waals surface area contributed by atoms with Gasteiger partial charge in [-0.25, -0.2) is 4.79 Å². The Morgan fingerprint density at radius 1 is 1.00 bits per heavy atom. The first-order valence-corrected chi connectivity index (χ1v) is 13.6. The highest BCUT2D eigenvalue weighted by molar-refractivity contribution is 7.59. The number of allylic oxidation sites excluding steroid dienone is 1. The van der Waals surface area contributed by atoms with Crippen LogP contribution in [0.4, 0.5) is 0 Å². The average molecular weight is 432 g/mol. The van der Waals surface area contributed by atoms with E-state index in [0.717, 1.165) is 32.2 Å². The van der Waals surface area contributed by atoms with Crippen LogP contribution in [0.1, 0.15) is 86.0 Å². The number of unbranched alkanes of at least 4 members (excludes halogenated alkanes) is 5. The van der Waals surface area contributed by atoms with E-state index in [1.807, 2.05) is 13.8 Å². The first-order valence-electron chi connectivity index (χ1n) is 11.6. The number of carboxylic acid groups (broad SMARTS) is 1. The van der Waals surface area contributed by atoms with Gasteiger partial charge in [0.05, 0.1) is 12.8 Å².